The second-order valence-corrected chi connectivity index (χ2v) is 7.25. The van der Waals surface area contributed by atoms with Gasteiger partial charge in [-0.1, -0.05) is 12.1 Å². The van der Waals surface area contributed by atoms with E-state index in [0.29, 0.717) is 6.54 Å². The van der Waals surface area contributed by atoms with Gasteiger partial charge in [-0.2, -0.15) is 0 Å². The predicted octanol–water partition coefficient (Wildman–Crippen LogP) is 3.14. The molecule has 2 aromatic heterocycles. The van der Waals surface area contributed by atoms with Crippen molar-refractivity contribution in [2.45, 2.75) is 16.5 Å². The monoisotopic (exact) mass is 363 g/mol. The summed E-state index contributed by atoms with van der Waals surface area (Å²) in [6, 6.07) is 11.7. The van der Waals surface area contributed by atoms with E-state index in [-0.39, 0.29) is 6.42 Å². The van der Waals surface area contributed by atoms with Gasteiger partial charge in [0.2, 0.25) is 0 Å². The third kappa shape index (κ3) is 7.81. The minimum Gasteiger partial charge on any atom is -0.481 e. The van der Waals surface area contributed by atoms with E-state index in [1.807, 2.05) is 36.4 Å². The minimum atomic E-state index is -0.755. The van der Waals surface area contributed by atoms with Crippen molar-refractivity contribution in [1.82, 2.24) is 14.9 Å². The van der Waals surface area contributed by atoms with E-state index in [4.69, 9.17) is 5.11 Å². The Morgan fingerprint density at radius 3 is 1.88 bits per heavy atom. The summed E-state index contributed by atoms with van der Waals surface area (Å²) < 4.78 is 0. The van der Waals surface area contributed by atoms with Gasteiger partial charge in [-0.15, -0.1) is 23.5 Å². The molecule has 2 aromatic rings. The topological polar surface area (TPSA) is 66.3 Å². The molecule has 0 bridgehead atoms. The van der Waals surface area contributed by atoms with Crippen LogP contribution < -0.4 is 0 Å². The quantitative estimate of drug-likeness (QED) is 0.615. The van der Waals surface area contributed by atoms with Crippen molar-refractivity contribution >= 4 is 29.5 Å². The number of carboxylic acid groups (broad SMARTS) is 1. The number of pyridine rings is 2. The highest BCUT2D eigenvalue weighted by atomic mass is 32.2. The number of nitrogens with zero attached hydrogens (tertiary/aromatic N) is 3. The number of rotatable bonds is 11. The molecule has 0 aromatic carbocycles. The average Bonchev–Trinajstić information content (AvgIpc) is 2.61. The summed E-state index contributed by atoms with van der Waals surface area (Å²) in [4.78, 5) is 21.6. The molecule has 128 valence electrons. The first-order valence-corrected chi connectivity index (χ1v) is 9.73. The maximum absolute atomic E-state index is 10.8. The highest BCUT2D eigenvalue weighted by molar-refractivity contribution is 7.99. The molecule has 1 N–H and O–H groups in total. The summed E-state index contributed by atoms with van der Waals surface area (Å²) in [7, 11) is 0. The Hall–Kier alpha value is -1.57. The molecule has 0 aliphatic heterocycles. The number of hydrogen-bond acceptors (Lipinski definition) is 6. The normalized spacial score (nSPS) is 10.9. The number of aliphatic carboxylic acids is 1. The number of carboxylic acids is 1. The summed E-state index contributed by atoms with van der Waals surface area (Å²) in [6.45, 7) is 2.26. The molecule has 0 fully saturated rings. The predicted molar refractivity (Wildman–Crippen MR) is 98.6 cm³/mol. The zero-order valence-electron chi connectivity index (χ0n) is 13.4. The summed E-state index contributed by atoms with van der Waals surface area (Å²) >= 11 is 3.39. The third-order valence-corrected chi connectivity index (χ3v) is 5.08. The minimum absolute atomic E-state index is 0.169. The van der Waals surface area contributed by atoms with E-state index in [0.717, 1.165) is 34.6 Å². The van der Waals surface area contributed by atoms with Crippen LogP contribution in [-0.4, -0.2) is 57.1 Å². The molecule has 0 spiro atoms. The molecule has 7 heteroatoms. The van der Waals surface area contributed by atoms with Crippen LogP contribution in [0.15, 0.2) is 58.8 Å². The van der Waals surface area contributed by atoms with Crippen LogP contribution in [0.5, 0.6) is 0 Å². The number of thioether (sulfide) groups is 2. The van der Waals surface area contributed by atoms with Crippen LogP contribution in [0.2, 0.25) is 0 Å². The van der Waals surface area contributed by atoms with Crippen LogP contribution in [0.25, 0.3) is 0 Å². The van der Waals surface area contributed by atoms with Crippen molar-refractivity contribution in [3.63, 3.8) is 0 Å². The van der Waals surface area contributed by atoms with Crippen molar-refractivity contribution in [2.75, 3.05) is 31.1 Å². The molecule has 2 rings (SSSR count). The van der Waals surface area contributed by atoms with E-state index < -0.39 is 5.97 Å². The van der Waals surface area contributed by atoms with E-state index in [2.05, 4.69) is 14.9 Å². The molecule has 5 nitrogen and oxygen atoms in total. The molecule has 0 aliphatic carbocycles. The average molecular weight is 364 g/mol. The first-order valence-electron chi connectivity index (χ1n) is 7.76. The molecular weight excluding hydrogens is 342 g/mol. The third-order valence-electron chi connectivity index (χ3n) is 3.23. The second kappa shape index (κ2) is 11.1. The maximum atomic E-state index is 10.8. The van der Waals surface area contributed by atoms with Crippen LogP contribution in [0.3, 0.4) is 0 Å². The van der Waals surface area contributed by atoms with Gasteiger partial charge >= 0.3 is 5.97 Å². The lowest BCUT2D eigenvalue weighted by Crippen LogP contribution is -2.31. The largest absolute Gasteiger partial charge is 0.481 e. The lowest BCUT2D eigenvalue weighted by atomic mass is 10.4. The Labute approximate surface area is 150 Å². The zero-order chi connectivity index (χ0) is 17.0. The van der Waals surface area contributed by atoms with Gasteiger partial charge in [-0.25, -0.2) is 9.97 Å². The smallest absolute Gasteiger partial charge is 0.304 e. The molecule has 0 saturated carbocycles. The fourth-order valence-electron chi connectivity index (χ4n) is 2.01. The van der Waals surface area contributed by atoms with Crippen molar-refractivity contribution in [2.24, 2.45) is 0 Å². The molecule has 2 heterocycles. The van der Waals surface area contributed by atoms with Gasteiger partial charge < -0.3 is 10.0 Å². The molecule has 0 radical (unpaired) electrons. The number of hydrogen-bond donors (Lipinski definition) is 1. The summed E-state index contributed by atoms with van der Waals surface area (Å²) in [5, 5.41) is 10.9. The SMILES string of the molecule is O=C(O)CCN(CCSc1ccccn1)CCSc1ccccn1. The zero-order valence-corrected chi connectivity index (χ0v) is 15.0. The molecule has 0 atom stereocenters. The Morgan fingerprint density at radius 2 is 1.46 bits per heavy atom. The van der Waals surface area contributed by atoms with Crippen LogP contribution in [0, 0.1) is 0 Å². The Balaban J connectivity index is 1.74. The van der Waals surface area contributed by atoms with Gasteiger partial charge in [-0.3, -0.25) is 4.79 Å². The van der Waals surface area contributed by atoms with Crippen molar-refractivity contribution in [3.8, 4) is 0 Å². The van der Waals surface area contributed by atoms with Crippen LogP contribution in [0.4, 0.5) is 0 Å². The van der Waals surface area contributed by atoms with Gasteiger partial charge in [0.25, 0.3) is 0 Å². The fourth-order valence-corrected chi connectivity index (χ4v) is 3.75. The maximum Gasteiger partial charge on any atom is 0.304 e. The molecule has 0 amide bonds. The first kappa shape index (κ1) is 18.8. The van der Waals surface area contributed by atoms with E-state index in [1.165, 1.54) is 0 Å². The molecule has 0 saturated heterocycles. The van der Waals surface area contributed by atoms with Crippen LogP contribution in [-0.2, 0) is 4.79 Å². The van der Waals surface area contributed by atoms with Gasteiger partial charge in [0, 0.05) is 43.5 Å². The Morgan fingerprint density at radius 1 is 0.917 bits per heavy atom. The highest BCUT2D eigenvalue weighted by Gasteiger charge is 2.08. The summed E-state index contributed by atoms with van der Waals surface area (Å²) in [5.74, 6) is 1.03. The van der Waals surface area contributed by atoms with Gasteiger partial charge in [0.1, 0.15) is 0 Å². The lowest BCUT2D eigenvalue weighted by molar-refractivity contribution is -0.137. The van der Waals surface area contributed by atoms with Crippen molar-refractivity contribution in [1.29, 1.82) is 0 Å². The molecular formula is C17H21N3O2S2. The van der Waals surface area contributed by atoms with E-state index in [1.54, 1.807) is 35.9 Å². The molecule has 24 heavy (non-hydrogen) atoms. The first-order chi connectivity index (χ1) is 11.7. The van der Waals surface area contributed by atoms with Gasteiger partial charge in [0.15, 0.2) is 0 Å². The highest BCUT2D eigenvalue weighted by Crippen LogP contribution is 2.16. The van der Waals surface area contributed by atoms with Crippen molar-refractivity contribution in [3.05, 3.63) is 48.8 Å². The van der Waals surface area contributed by atoms with Crippen LogP contribution >= 0.6 is 23.5 Å². The van der Waals surface area contributed by atoms with E-state index >= 15 is 0 Å². The Kier molecular flexibility index (Phi) is 8.65. The molecule has 0 aliphatic rings. The lowest BCUT2D eigenvalue weighted by Gasteiger charge is -2.21. The molecule has 0 unspecified atom stereocenters. The second-order valence-electron chi connectivity index (χ2n) is 5.02. The Bertz CT molecular complexity index is 554. The van der Waals surface area contributed by atoms with Crippen LogP contribution in [0.1, 0.15) is 6.42 Å². The summed E-state index contributed by atoms with van der Waals surface area (Å²) in [6.07, 6.45) is 3.74. The standard InChI is InChI=1S/C17H21N3O2S2/c21-17(22)7-10-20(11-13-23-15-5-1-3-8-18-15)12-14-24-16-6-2-4-9-19-16/h1-6,8-9H,7,10-14H2,(H,21,22). The fraction of sp³-hybridized carbons (Fsp3) is 0.353. The summed E-state index contributed by atoms with van der Waals surface area (Å²) in [5.41, 5.74) is 0. The van der Waals surface area contributed by atoms with Gasteiger partial charge in [0.05, 0.1) is 16.5 Å². The van der Waals surface area contributed by atoms with E-state index in [9.17, 15) is 4.79 Å². The number of carbonyl (C=O) groups is 1. The van der Waals surface area contributed by atoms with Gasteiger partial charge in [-0.05, 0) is 24.3 Å². The van der Waals surface area contributed by atoms with Crippen molar-refractivity contribution < 1.29 is 9.90 Å². The number of aromatic nitrogens is 2.